The molecule has 0 saturated carbocycles. The Kier molecular flexibility index (Phi) is 4.57. The highest BCUT2D eigenvalue weighted by Crippen LogP contribution is 2.31. The van der Waals surface area contributed by atoms with Crippen molar-refractivity contribution >= 4 is 23.0 Å². The van der Waals surface area contributed by atoms with E-state index in [1.807, 2.05) is 44.3 Å². The number of benzene rings is 2. The van der Waals surface area contributed by atoms with Crippen LogP contribution in [0.4, 0.5) is 0 Å². The molecule has 0 aliphatic carbocycles. The van der Waals surface area contributed by atoms with Gasteiger partial charge in [-0.05, 0) is 31.5 Å². The van der Waals surface area contributed by atoms with E-state index >= 15 is 0 Å². The van der Waals surface area contributed by atoms with Crippen molar-refractivity contribution in [3.63, 3.8) is 0 Å². The van der Waals surface area contributed by atoms with Gasteiger partial charge in [0.15, 0.2) is 0 Å². The van der Waals surface area contributed by atoms with E-state index in [1.54, 1.807) is 19.2 Å². The van der Waals surface area contributed by atoms with E-state index in [0.717, 1.165) is 27.7 Å². The maximum absolute atomic E-state index is 12.4. The third-order valence-corrected chi connectivity index (χ3v) is 4.84. The monoisotopic (exact) mass is 371 g/mol. The number of carbonyl (C=O) groups excluding carboxylic acids is 1. The summed E-state index contributed by atoms with van der Waals surface area (Å²) in [7, 11) is 2.04. The molecule has 0 aliphatic rings. The van der Waals surface area contributed by atoms with Gasteiger partial charge in [0.1, 0.15) is 11.5 Å². The van der Waals surface area contributed by atoms with Gasteiger partial charge in [-0.15, -0.1) is 0 Å². The molecule has 0 bridgehead atoms. The van der Waals surface area contributed by atoms with E-state index in [-0.39, 0.29) is 5.91 Å². The first-order chi connectivity index (χ1) is 13.6. The highest BCUT2D eigenvalue weighted by molar-refractivity contribution is 6.07. The number of hydrogen-bond donors (Lipinski definition) is 1. The van der Waals surface area contributed by atoms with Crippen LogP contribution in [-0.2, 0) is 7.05 Å². The lowest BCUT2D eigenvalue weighted by Gasteiger charge is -2.06. The number of rotatable bonds is 4. The van der Waals surface area contributed by atoms with Gasteiger partial charge in [0.05, 0.1) is 17.5 Å². The molecule has 0 spiro atoms. The lowest BCUT2D eigenvalue weighted by Crippen LogP contribution is -2.17. The number of aromatic nitrogens is 1. The van der Waals surface area contributed by atoms with Crippen LogP contribution in [0.5, 0.6) is 0 Å². The minimum atomic E-state index is -0.285. The summed E-state index contributed by atoms with van der Waals surface area (Å²) in [6.07, 6.45) is 1.71. The van der Waals surface area contributed by atoms with Crippen LogP contribution in [-0.4, -0.2) is 16.7 Å². The Morgan fingerprint density at radius 1 is 1.07 bits per heavy atom. The lowest BCUT2D eigenvalue weighted by atomic mass is 10.1. The highest BCUT2D eigenvalue weighted by atomic mass is 16.3. The molecular formula is C23H21N3O2. The molecule has 28 heavy (non-hydrogen) atoms. The maximum atomic E-state index is 12.4. The molecule has 0 saturated heterocycles. The number of para-hydroxylation sites is 1. The van der Waals surface area contributed by atoms with Crippen LogP contribution in [0.25, 0.3) is 22.2 Å². The van der Waals surface area contributed by atoms with Crippen molar-refractivity contribution in [3.05, 3.63) is 83.3 Å². The molecule has 140 valence electrons. The second kappa shape index (κ2) is 7.19. The number of fused-ring (bicyclic) bond motifs is 1. The summed E-state index contributed by atoms with van der Waals surface area (Å²) in [5, 5.41) is 5.32. The summed E-state index contributed by atoms with van der Waals surface area (Å²) in [5.41, 5.74) is 7.33. The van der Waals surface area contributed by atoms with Gasteiger partial charge in [-0.2, -0.15) is 5.10 Å². The van der Waals surface area contributed by atoms with Gasteiger partial charge in [0.2, 0.25) is 0 Å². The van der Waals surface area contributed by atoms with Crippen LogP contribution >= 0.6 is 0 Å². The van der Waals surface area contributed by atoms with Crippen molar-refractivity contribution in [3.8, 4) is 11.3 Å². The predicted molar refractivity (Wildman–Crippen MR) is 112 cm³/mol. The summed E-state index contributed by atoms with van der Waals surface area (Å²) in [5.74, 6) is 1.000. The van der Waals surface area contributed by atoms with Crippen LogP contribution < -0.4 is 5.43 Å². The molecule has 0 radical (unpaired) electrons. The third-order valence-electron chi connectivity index (χ3n) is 4.84. The Morgan fingerprint density at radius 3 is 2.50 bits per heavy atom. The molecule has 2 aromatic carbocycles. The Balaban J connectivity index is 1.73. The van der Waals surface area contributed by atoms with Crippen LogP contribution in [0.1, 0.15) is 27.4 Å². The van der Waals surface area contributed by atoms with E-state index in [0.29, 0.717) is 17.1 Å². The molecule has 2 aromatic heterocycles. The fraction of sp³-hybridized carbons (Fsp3) is 0.130. The first-order valence-corrected chi connectivity index (χ1v) is 9.09. The number of nitrogens with zero attached hydrogens (tertiary/aromatic N) is 2. The zero-order chi connectivity index (χ0) is 19.7. The van der Waals surface area contributed by atoms with Crippen molar-refractivity contribution in [2.45, 2.75) is 13.8 Å². The molecule has 0 atom stereocenters. The van der Waals surface area contributed by atoms with E-state index in [9.17, 15) is 4.79 Å². The quantitative estimate of drug-likeness (QED) is 0.413. The van der Waals surface area contributed by atoms with Gasteiger partial charge in [-0.3, -0.25) is 4.79 Å². The average molecular weight is 371 g/mol. The number of hydrazone groups is 1. The number of nitrogens with one attached hydrogen (secondary N) is 1. The third kappa shape index (κ3) is 3.11. The molecule has 1 amide bonds. The molecule has 4 aromatic rings. The molecular weight excluding hydrogens is 350 g/mol. The number of carbonyl (C=O) groups is 1. The molecule has 0 aliphatic heterocycles. The molecule has 0 unspecified atom stereocenters. The first-order valence-electron chi connectivity index (χ1n) is 9.09. The summed E-state index contributed by atoms with van der Waals surface area (Å²) in [4.78, 5) is 12.4. The van der Waals surface area contributed by atoms with E-state index in [4.69, 9.17) is 4.42 Å². The normalized spacial score (nSPS) is 11.4. The van der Waals surface area contributed by atoms with Crippen LogP contribution in [0.2, 0.25) is 0 Å². The Bertz CT molecular complexity index is 1180. The van der Waals surface area contributed by atoms with Crippen molar-refractivity contribution in [2.75, 3.05) is 0 Å². The van der Waals surface area contributed by atoms with Crippen molar-refractivity contribution in [1.82, 2.24) is 9.99 Å². The Labute approximate surface area is 163 Å². The summed E-state index contributed by atoms with van der Waals surface area (Å²) >= 11 is 0. The van der Waals surface area contributed by atoms with Crippen LogP contribution in [0, 0.1) is 13.8 Å². The fourth-order valence-electron chi connectivity index (χ4n) is 3.57. The summed E-state index contributed by atoms with van der Waals surface area (Å²) < 4.78 is 7.57. The Hall–Kier alpha value is -3.60. The second-order valence-corrected chi connectivity index (χ2v) is 6.73. The van der Waals surface area contributed by atoms with Gasteiger partial charge in [-0.1, -0.05) is 48.5 Å². The average Bonchev–Trinajstić information content (AvgIpc) is 3.19. The first kappa shape index (κ1) is 17.8. The minimum Gasteiger partial charge on any atom is -0.466 e. The number of furan rings is 1. The zero-order valence-corrected chi connectivity index (χ0v) is 16.1. The van der Waals surface area contributed by atoms with Gasteiger partial charge in [0.25, 0.3) is 5.91 Å². The van der Waals surface area contributed by atoms with Crippen molar-refractivity contribution in [1.29, 1.82) is 0 Å². The van der Waals surface area contributed by atoms with Gasteiger partial charge < -0.3 is 8.98 Å². The van der Waals surface area contributed by atoms with Crippen molar-refractivity contribution in [2.24, 2.45) is 12.1 Å². The van der Waals surface area contributed by atoms with E-state index < -0.39 is 0 Å². The van der Waals surface area contributed by atoms with Crippen LogP contribution in [0.15, 0.2) is 70.2 Å². The van der Waals surface area contributed by atoms with Crippen molar-refractivity contribution < 1.29 is 9.21 Å². The fourth-order valence-corrected chi connectivity index (χ4v) is 3.57. The summed E-state index contributed by atoms with van der Waals surface area (Å²) in [6, 6.07) is 20.0. The molecule has 5 heteroatoms. The van der Waals surface area contributed by atoms with Gasteiger partial charge in [0, 0.05) is 23.5 Å². The maximum Gasteiger partial charge on any atom is 0.274 e. The molecule has 2 heterocycles. The second-order valence-electron chi connectivity index (χ2n) is 6.73. The lowest BCUT2D eigenvalue weighted by molar-refractivity contribution is 0.0953. The Morgan fingerprint density at radius 2 is 1.79 bits per heavy atom. The zero-order valence-electron chi connectivity index (χ0n) is 16.1. The SMILES string of the molecule is Cc1cc(C(=O)NN=Cc2c(-c3ccccc3)n(C)c3ccccc23)c(C)o1. The number of aryl methyl sites for hydroxylation is 3. The predicted octanol–water partition coefficient (Wildman–Crippen LogP) is 4.82. The highest BCUT2D eigenvalue weighted by Gasteiger charge is 2.16. The summed E-state index contributed by atoms with van der Waals surface area (Å²) in [6.45, 7) is 3.58. The topological polar surface area (TPSA) is 59.5 Å². The minimum absolute atomic E-state index is 0.285. The smallest absolute Gasteiger partial charge is 0.274 e. The largest absolute Gasteiger partial charge is 0.466 e. The number of hydrogen-bond acceptors (Lipinski definition) is 3. The molecule has 5 nitrogen and oxygen atoms in total. The standard InChI is InChI=1S/C23H21N3O2/c1-15-13-19(16(2)28-15)23(27)25-24-14-20-18-11-7-8-12-21(18)26(3)22(20)17-9-5-4-6-10-17/h4-14H,1-3H3,(H,25,27). The van der Waals surface area contributed by atoms with Gasteiger partial charge in [-0.25, -0.2) is 5.43 Å². The van der Waals surface area contributed by atoms with E-state index in [2.05, 4.69) is 39.4 Å². The number of amides is 1. The van der Waals surface area contributed by atoms with E-state index in [1.165, 1.54) is 0 Å². The molecule has 0 fully saturated rings. The van der Waals surface area contributed by atoms with Crippen LogP contribution in [0.3, 0.4) is 0 Å². The molecule has 1 N–H and O–H groups in total. The molecule has 4 rings (SSSR count). The van der Waals surface area contributed by atoms with Gasteiger partial charge >= 0.3 is 0 Å².